The van der Waals surface area contributed by atoms with Gasteiger partial charge in [0.15, 0.2) is 0 Å². The molecule has 0 saturated carbocycles. The molecule has 0 fully saturated rings. The van der Waals surface area contributed by atoms with Gasteiger partial charge in [0, 0.05) is 22.7 Å². The first kappa shape index (κ1) is 18.8. The van der Waals surface area contributed by atoms with Gasteiger partial charge in [-0.05, 0) is 42.2 Å². The minimum Gasteiger partial charge on any atom is -0.402 e. The Bertz CT molecular complexity index is 618. The number of nitrogens with two attached hydrogens (primary N) is 1. The van der Waals surface area contributed by atoms with Crippen molar-refractivity contribution in [3.63, 3.8) is 0 Å². The number of rotatable bonds is 5. The molecule has 0 atom stereocenters. The van der Waals surface area contributed by atoms with Crippen LogP contribution in [-0.2, 0) is 5.75 Å². The maximum atomic E-state index is 12.1. The number of carbonyl (C=O) groups is 1. The first-order chi connectivity index (χ1) is 11.1. The molecule has 3 N–H and O–H groups in total. The SMILES string of the molecule is C/C(N)=C/SCc1ccc(C(=O)Nc2ccccc2)cc1.CC. The van der Waals surface area contributed by atoms with E-state index in [2.05, 4.69) is 5.32 Å². The summed E-state index contributed by atoms with van der Waals surface area (Å²) in [5.41, 5.74) is 8.99. The molecule has 0 aliphatic carbocycles. The van der Waals surface area contributed by atoms with Crippen LogP contribution in [-0.4, -0.2) is 5.91 Å². The Kier molecular flexibility index (Phi) is 8.62. The number of benzene rings is 2. The topological polar surface area (TPSA) is 55.1 Å². The Morgan fingerprint density at radius 3 is 2.26 bits per heavy atom. The predicted octanol–water partition coefficient (Wildman–Crippen LogP) is 5.02. The summed E-state index contributed by atoms with van der Waals surface area (Å²) in [6, 6.07) is 17.0. The van der Waals surface area contributed by atoms with E-state index >= 15 is 0 Å². The summed E-state index contributed by atoms with van der Waals surface area (Å²) >= 11 is 1.64. The van der Waals surface area contributed by atoms with Gasteiger partial charge in [-0.1, -0.05) is 44.2 Å². The van der Waals surface area contributed by atoms with Crippen molar-refractivity contribution in [3.05, 3.63) is 76.8 Å². The molecular weight excluding hydrogens is 304 g/mol. The quantitative estimate of drug-likeness (QED) is 0.810. The normalized spacial score (nSPS) is 10.5. The summed E-state index contributed by atoms with van der Waals surface area (Å²) in [5.74, 6) is 0.743. The number of anilines is 1. The van der Waals surface area contributed by atoms with Crippen LogP contribution in [0, 0.1) is 0 Å². The minimum atomic E-state index is -0.0990. The summed E-state index contributed by atoms with van der Waals surface area (Å²) in [6.07, 6.45) is 0. The number of carbonyl (C=O) groups excluding carboxylic acids is 1. The largest absolute Gasteiger partial charge is 0.402 e. The van der Waals surface area contributed by atoms with Gasteiger partial charge >= 0.3 is 0 Å². The Labute approximate surface area is 143 Å². The number of nitrogens with one attached hydrogen (secondary N) is 1. The molecule has 122 valence electrons. The van der Waals surface area contributed by atoms with Crippen molar-refractivity contribution < 1.29 is 4.79 Å². The first-order valence-corrected chi connectivity index (χ1v) is 8.69. The molecule has 0 aliphatic heterocycles. The molecule has 0 radical (unpaired) electrons. The van der Waals surface area contributed by atoms with Crippen LogP contribution in [0.5, 0.6) is 0 Å². The van der Waals surface area contributed by atoms with Gasteiger partial charge in [0.05, 0.1) is 0 Å². The molecule has 0 saturated heterocycles. The Balaban J connectivity index is 0.00000127. The maximum absolute atomic E-state index is 12.1. The van der Waals surface area contributed by atoms with Gasteiger partial charge in [0.1, 0.15) is 0 Å². The highest BCUT2D eigenvalue weighted by atomic mass is 32.2. The third kappa shape index (κ3) is 7.06. The van der Waals surface area contributed by atoms with Crippen molar-refractivity contribution in [1.29, 1.82) is 0 Å². The number of allylic oxidation sites excluding steroid dienone is 1. The zero-order valence-electron chi connectivity index (χ0n) is 13.9. The lowest BCUT2D eigenvalue weighted by Crippen LogP contribution is -2.11. The van der Waals surface area contributed by atoms with Crippen molar-refractivity contribution in [2.24, 2.45) is 5.73 Å². The second-order valence-electron chi connectivity index (χ2n) is 4.69. The van der Waals surface area contributed by atoms with Crippen LogP contribution in [0.3, 0.4) is 0 Å². The van der Waals surface area contributed by atoms with Crippen LogP contribution in [0.25, 0.3) is 0 Å². The van der Waals surface area contributed by atoms with Crippen LogP contribution >= 0.6 is 11.8 Å². The van der Waals surface area contributed by atoms with Gasteiger partial charge in [-0.2, -0.15) is 0 Å². The van der Waals surface area contributed by atoms with E-state index in [0.717, 1.165) is 22.7 Å². The zero-order valence-corrected chi connectivity index (χ0v) is 14.7. The molecule has 4 heteroatoms. The van der Waals surface area contributed by atoms with Crippen LogP contribution in [0.1, 0.15) is 36.7 Å². The van der Waals surface area contributed by atoms with E-state index in [-0.39, 0.29) is 5.91 Å². The molecular formula is C19H24N2OS. The third-order valence-electron chi connectivity index (χ3n) is 2.77. The van der Waals surface area contributed by atoms with Crippen LogP contribution in [0.15, 0.2) is 65.7 Å². The molecule has 0 bridgehead atoms. The van der Waals surface area contributed by atoms with Gasteiger partial charge in [-0.3, -0.25) is 4.79 Å². The van der Waals surface area contributed by atoms with Crippen molar-refractivity contribution in [3.8, 4) is 0 Å². The van der Waals surface area contributed by atoms with Crippen LogP contribution in [0.4, 0.5) is 5.69 Å². The molecule has 0 aliphatic rings. The van der Waals surface area contributed by atoms with Crippen LogP contribution < -0.4 is 11.1 Å². The standard InChI is InChI=1S/C17H18N2OS.C2H6/c1-13(18)11-21-12-14-7-9-15(10-8-14)17(20)19-16-5-3-2-4-6-16;1-2/h2-11H,12,18H2,1H3,(H,19,20);1-2H3/b13-11-;. The van der Waals surface area contributed by atoms with Gasteiger partial charge < -0.3 is 11.1 Å². The highest BCUT2D eigenvalue weighted by molar-refractivity contribution is 8.01. The van der Waals surface area contributed by atoms with Gasteiger partial charge in [-0.15, -0.1) is 11.8 Å². The average Bonchev–Trinajstić information content (AvgIpc) is 2.58. The molecule has 3 nitrogen and oxygen atoms in total. The highest BCUT2D eigenvalue weighted by Crippen LogP contribution is 2.15. The molecule has 0 unspecified atom stereocenters. The average molecular weight is 328 g/mol. The molecule has 0 heterocycles. The van der Waals surface area contributed by atoms with Gasteiger partial charge in [-0.25, -0.2) is 0 Å². The lowest BCUT2D eigenvalue weighted by Gasteiger charge is -2.06. The lowest BCUT2D eigenvalue weighted by molar-refractivity contribution is 0.102. The van der Waals surface area contributed by atoms with Gasteiger partial charge in [0.2, 0.25) is 0 Å². The fourth-order valence-corrected chi connectivity index (χ4v) is 2.48. The smallest absolute Gasteiger partial charge is 0.255 e. The monoisotopic (exact) mass is 328 g/mol. The Morgan fingerprint density at radius 1 is 1.09 bits per heavy atom. The number of hydrogen-bond donors (Lipinski definition) is 2. The van der Waals surface area contributed by atoms with E-state index < -0.39 is 0 Å². The number of thioether (sulfide) groups is 1. The molecule has 23 heavy (non-hydrogen) atoms. The zero-order chi connectivity index (χ0) is 17.1. The van der Waals surface area contributed by atoms with Crippen molar-refractivity contribution in [2.45, 2.75) is 26.5 Å². The van der Waals surface area contributed by atoms with Crippen LogP contribution in [0.2, 0.25) is 0 Å². The summed E-state index contributed by atoms with van der Waals surface area (Å²) in [4.78, 5) is 12.1. The van der Waals surface area contributed by atoms with E-state index in [0.29, 0.717) is 5.56 Å². The lowest BCUT2D eigenvalue weighted by atomic mass is 10.1. The third-order valence-corrected chi connectivity index (χ3v) is 3.81. The van der Waals surface area contributed by atoms with E-state index in [1.54, 1.807) is 11.8 Å². The minimum absolute atomic E-state index is 0.0990. The second-order valence-corrected chi connectivity index (χ2v) is 5.55. The Morgan fingerprint density at radius 2 is 1.70 bits per heavy atom. The summed E-state index contributed by atoms with van der Waals surface area (Å²) in [5, 5.41) is 4.79. The molecule has 2 aromatic rings. The van der Waals surface area contributed by atoms with E-state index in [1.165, 1.54) is 0 Å². The van der Waals surface area contributed by atoms with Crippen molar-refractivity contribution in [1.82, 2.24) is 0 Å². The summed E-state index contributed by atoms with van der Waals surface area (Å²) in [6.45, 7) is 5.87. The molecule has 1 amide bonds. The van der Waals surface area contributed by atoms with Gasteiger partial charge in [0.25, 0.3) is 5.91 Å². The molecule has 2 rings (SSSR count). The second kappa shape index (κ2) is 10.5. The number of hydrogen-bond acceptors (Lipinski definition) is 3. The maximum Gasteiger partial charge on any atom is 0.255 e. The summed E-state index contributed by atoms with van der Waals surface area (Å²) in [7, 11) is 0. The molecule has 0 spiro atoms. The fraction of sp³-hybridized carbons (Fsp3) is 0.211. The molecule has 2 aromatic carbocycles. The Hall–Kier alpha value is -2.20. The van der Waals surface area contributed by atoms with Crippen molar-refractivity contribution in [2.75, 3.05) is 5.32 Å². The summed E-state index contributed by atoms with van der Waals surface area (Å²) < 4.78 is 0. The van der Waals surface area contributed by atoms with E-state index in [4.69, 9.17) is 5.73 Å². The molecule has 0 aromatic heterocycles. The fourth-order valence-electron chi connectivity index (χ4n) is 1.75. The highest BCUT2D eigenvalue weighted by Gasteiger charge is 2.05. The van der Waals surface area contributed by atoms with Crippen molar-refractivity contribution >= 4 is 23.4 Å². The van der Waals surface area contributed by atoms with E-state index in [1.807, 2.05) is 80.8 Å². The van der Waals surface area contributed by atoms with E-state index in [9.17, 15) is 4.79 Å². The number of amides is 1. The number of para-hydroxylation sites is 1. The first-order valence-electron chi connectivity index (χ1n) is 7.64. The predicted molar refractivity (Wildman–Crippen MR) is 101 cm³/mol.